The molecule has 0 bridgehead atoms. The lowest BCUT2D eigenvalue weighted by atomic mass is 9.88. The van der Waals surface area contributed by atoms with Gasteiger partial charge in [-0.05, 0) is 39.4 Å². The van der Waals surface area contributed by atoms with E-state index < -0.39 is 5.41 Å². The van der Waals surface area contributed by atoms with Crippen molar-refractivity contribution in [1.29, 1.82) is 0 Å². The molecule has 0 aliphatic carbocycles. The van der Waals surface area contributed by atoms with Crippen LogP contribution in [0.5, 0.6) is 0 Å². The van der Waals surface area contributed by atoms with Crippen LogP contribution in [-0.2, 0) is 33.0 Å². The van der Waals surface area contributed by atoms with Crippen LogP contribution in [0.4, 0.5) is 0 Å². The van der Waals surface area contributed by atoms with E-state index in [9.17, 15) is 4.79 Å². The third-order valence-electron chi connectivity index (χ3n) is 3.86. The summed E-state index contributed by atoms with van der Waals surface area (Å²) in [6, 6.07) is 9.87. The fourth-order valence-electron chi connectivity index (χ4n) is 2.45. The molecule has 1 aromatic heterocycles. The summed E-state index contributed by atoms with van der Waals surface area (Å²) in [5.74, 6) is -0.390. The van der Waals surface area contributed by atoms with Crippen LogP contribution in [0.15, 0.2) is 39.1 Å². The molecule has 1 heterocycles. The summed E-state index contributed by atoms with van der Waals surface area (Å²) in [4.78, 5) is 16.8. The lowest BCUT2D eigenvalue weighted by Gasteiger charge is -2.21. The second-order valence-electron chi connectivity index (χ2n) is 6.04. The molecule has 140 valence electrons. The average Bonchev–Trinajstić information content (AvgIpc) is 2.98. The summed E-state index contributed by atoms with van der Waals surface area (Å²) in [5.41, 5.74) is 1.25. The maximum absolute atomic E-state index is 12.2. The highest BCUT2D eigenvalue weighted by Crippen LogP contribution is 2.35. The highest BCUT2D eigenvalue weighted by Gasteiger charge is 2.38. The van der Waals surface area contributed by atoms with Crippen LogP contribution < -0.4 is 0 Å². The van der Waals surface area contributed by atoms with Crippen LogP contribution in [0.25, 0.3) is 5.03 Å². The van der Waals surface area contributed by atoms with Crippen LogP contribution in [0.2, 0.25) is 0 Å². The van der Waals surface area contributed by atoms with E-state index in [0.717, 1.165) is 5.56 Å². The summed E-state index contributed by atoms with van der Waals surface area (Å²) in [6.45, 7) is 4.19. The normalized spacial score (nSPS) is 12.3. The van der Waals surface area contributed by atoms with Crippen molar-refractivity contribution in [3.8, 4) is 0 Å². The molecule has 0 fully saturated rings. The molecule has 26 heavy (non-hydrogen) atoms. The van der Waals surface area contributed by atoms with E-state index in [1.807, 2.05) is 30.3 Å². The largest absolute Gasteiger partial charge is 0.468 e. The molecule has 2 rings (SSSR count). The number of hydrogen-bond donors (Lipinski definition) is 0. The maximum atomic E-state index is 12.2. The van der Waals surface area contributed by atoms with Crippen LogP contribution in [0.3, 0.4) is 0 Å². The highest BCUT2D eigenvalue weighted by atomic mass is 127. The second kappa shape index (κ2) is 9.34. The minimum atomic E-state index is -0.961. The Bertz CT molecular complexity index is 806. The molecule has 5 nitrogen and oxygen atoms in total. The summed E-state index contributed by atoms with van der Waals surface area (Å²) < 4.78 is 14.8. The first-order chi connectivity index (χ1) is 12.3. The Kier molecular flexibility index (Phi) is 7.69. The zero-order valence-corrected chi connectivity index (χ0v) is 19.1. The molecule has 1 aromatic carbocycles. The fraction of sp³-hybridized carbons (Fsp3) is 0.333. The predicted octanol–water partition coefficient (Wildman–Crippen LogP) is 5.24. The minimum absolute atomic E-state index is 0.232. The van der Waals surface area contributed by atoms with E-state index in [4.69, 9.17) is 21.1 Å². The first-order valence-corrected chi connectivity index (χ1v) is 10.2. The van der Waals surface area contributed by atoms with Crippen LogP contribution >= 0.6 is 50.1 Å². The Labute approximate surface area is 180 Å². The first-order valence-electron chi connectivity index (χ1n) is 7.75. The summed E-state index contributed by atoms with van der Waals surface area (Å²) >= 11 is 11.9. The molecule has 0 radical (unpaired) electrons. The third kappa shape index (κ3) is 4.68. The van der Waals surface area contributed by atoms with E-state index in [-0.39, 0.29) is 12.7 Å². The number of benzene rings is 1. The van der Waals surface area contributed by atoms with Gasteiger partial charge in [-0.3, -0.25) is 9.36 Å². The Morgan fingerprint density at radius 2 is 2.04 bits per heavy atom. The van der Waals surface area contributed by atoms with Gasteiger partial charge in [0.05, 0.1) is 30.1 Å². The first kappa shape index (κ1) is 21.4. The van der Waals surface area contributed by atoms with Crippen molar-refractivity contribution >= 4 is 61.1 Å². The van der Waals surface area contributed by atoms with Crippen molar-refractivity contribution < 1.29 is 14.3 Å². The lowest BCUT2D eigenvalue weighted by Crippen LogP contribution is -2.31. The van der Waals surface area contributed by atoms with Gasteiger partial charge in [0, 0.05) is 0 Å². The molecular weight excluding hydrogens is 534 g/mol. The van der Waals surface area contributed by atoms with E-state index in [1.54, 1.807) is 22.5 Å². The van der Waals surface area contributed by atoms with Crippen molar-refractivity contribution in [2.45, 2.75) is 32.6 Å². The number of carbonyl (C=O) groups excluding carboxylic acids is 1. The molecule has 0 saturated heterocycles. The van der Waals surface area contributed by atoms with Crippen LogP contribution in [-0.4, -0.2) is 22.6 Å². The molecule has 0 aliphatic rings. The van der Waals surface area contributed by atoms with Gasteiger partial charge in [-0.1, -0.05) is 64.5 Å². The van der Waals surface area contributed by atoms with Crippen LogP contribution in [0.1, 0.15) is 30.8 Å². The Morgan fingerprint density at radius 3 is 2.62 bits per heavy atom. The molecule has 8 heteroatoms. The SMILES string of the molecule is COC(=O)C(C)(C)c1nc(Br)n(COCc2ccccc2)c1/C(Cl)=C\I. The Balaban J connectivity index is 2.35. The summed E-state index contributed by atoms with van der Waals surface area (Å²) in [6.07, 6.45) is 0. The Morgan fingerprint density at radius 1 is 1.38 bits per heavy atom. The molecule has 2 aromatic rings. The van der Waals surface area contributed by atoms with E-state index in [1.165, 1.54) is 7.11 Å². The topological polar surface area (TPSA) is 53.3 Å². The van der Waals surface area contributed by atoms with Crippen molar-refractivity contribution in [2.24, 2.45) is 0 Å². The standard InChI is InChI=1S/C18H19BrClIN2O3/c1-18(2,16(24)25-3)15-14(13(20)9-21)23(17(19)22-15)11-26-10-12-7-5-4-6-8-12/h4-9H,10-11H2,1-3H3/b13-9+. The van der Waals surface area contributed by atoms with Gasteiger partial charge in [-0.2, -0.15) is 0 Å². The predicted molar refractivity (Wildman–Crippen MR) is 114 cm³/mol. The van der Waals surface area contributed by atoms with Gasteiger partial charge in [-0.15, -0.1) is 0 Å². The number of esters is 1. The van der Waals surface area contributed by atoms with Crippen molar-refractivity contribution in [1.82, 2.24) is 9.55 Å². The van der Waals surface area contributed by atoms with Gasteiger partial charge in [0.1, 0.15) is 12.1 Å². The van der Waals surface area contributed by atoms with Gasteiger partial charge in [0.15, 0.2) is 4.73 Å². The molecule has 0 saturated carbocycles. The summed E-state index contributed by atoms with van der Waals surface area (Å²) in [5, 5.41) is 0.471. The number of methoxy groups -OCH3 is 1. The number of imidazole rings is 1. The fourth-order valence-corrected chi connectivity index (χ4v) is 3.40. The zero-order valence-electron chi connectivity index (χ0n) is 14.6. The smallest absolute Gasteiger partial charge is 0.317 e. The number of ether oxygens (including phenoxy) is 2. The molecule has 0 amide bonds. The highest BCUT2D eigenvalue weighted by molar-refractivity contribution is 14.1. The third-order valence-corrected chi connectivity index (χ3v) is 5.75. The van der Waals surface area contributed by atoms with Gasteiger partial charge in [-0.25, -0.2) is 4.98 Å². The molecular formula is C18H19BrClIN2O3. The number of hydrogen-bond acceptors (Lipinski definition) is 4. The van der Waals surface area contributed by atoms with Crippen molar-refractivity contribution in [3.05, 3.63) is 56.1 Å². The van der Waals surface area contributed by atoms with Crippen molar-refractivity contribution in [3.63, 3.8) is 0 Å². The number of halogens is 3. The lowest BCUT2D eigenvalue weighted by molar-refractivity contribution is -0.146. The van der Waals surface area contributed by atoms with Gasteiger partial charge in [0.25, 0.3) is 0 Å². The number of rotatable bonds is 7. The number of carbonyl (C=O) groups is 1. The number of aromatic nitrogens is 2. The quantitative estimate of drug-likeness (QED) is 0.348. The molecule has 0 N–H and O–H groups in total. The molecule has 0 unspecified atom stereocenters. The zero-order chi connectivity index (χ0) is 19.3. The van der Waals surface area contributed by atoms with Gasteiger partial charge >= 0.3 is 5.97 Å². The van der Waals surface area contributed by atoms with E-state index in [2.05, 4.69) is 43.5 Å². The molecule has 0 aliphatic heterocycles. The average molecular weight is 554 g/mol. The van der Waals surface area contributed by atoms with Crippen LogP contribution in [0, 0.1) is 0 Å². The second-order valence-corrected chi connectivity index (χ2v) is 7.78. The minimum Gasteiger partial charge on any atom is -0.468 e. The summed E-state index contributed by atoms with van der Waals surface area (Å²) in [7, 11) is 1.36. The Hall–Kier alpha value is -0.900. The maximum Gasteiger partial charge on any atom is 0.317 e. The van der Waals surface area contributed by atoms with Gasteiger partial charge in [0.2, 0.25) is 0 Å². The molecule has 0 spiro atoms. The number of nitrogens with zero attached hydrogens (tertiary/aromatic N) is 2. The van der Waals surface area contributed by atoms with Crippen molar-refractivity contribution in [2.75, 3.05) is 7.11 Å². The van der Waals surface area contributed by atoms with E-state index in [0.29, 0.717) is 27.8 Å². The molecule has 0 atom stereocenters. The monoisotopic (exact) mass is 552 g/mol. The van der Waals surface area contributed by atoms with E-state index >= 15 is 0 Å². The van der Waals surface area contributed by atoms with Gasteiger partial charge < -0.3 is 9.47 Å².